The van der Waals surface area contributed by atoms with Gasteiger partial charge in [-0.3, -0.25) is 0 Å². The predicted molar refractivity (Wildman–Crippen MR) is 46.6 cm³/mol. The van der Waals surface area contributed by atoms with Crippen molar-refractivity contribution in [2.45, 2.75) is 12.6 Å². The van der Waals surface area contributed by atoms with E-state index in [2.05, 4.69) is 4.85 Å². The Morgan fingerprint density at radius 2 is 1.87 bits per heavy atom. The third-order valence-corrected chi connectivity index (χ3v) is 1.80. The summed E-state index contributed by atoms with van der Waals surface area (Å²) in [5.74, 6) is -0.926. The molecule has 0 saturated carbocycles. The van der Waals surface area contributed by atoms with E-state index in [0.29, 0.717) is 6.07 Å². The average Bonchev–Trinajstić information content (AvgIpc) is 2.12. The van der Waals surface area contributed by atoms with Crippen LogP contribution < -0.4 is 0 Å². The molecule has 5 heteroatoms. The molecule has 0 amide bonds. The highest BCUT2D eigenvalue weighted by molar-refractivity contribution is 5.27. The maximum absolute atomic E-state index is 12.8. The van der Waals surface area contributed by atoms with Gasteiger partial charge >= 0.3 is 6.18 Å². The quantitative estimate of drug-likeness (QED) is 0.528. The van der Waals surface area contributed by atoms with E-state index in [1.54, 1.807) is 0 Å². The SMILES string of the molecule is [C-]#[N+]CCc1cc(F)cc(C(F)(F)F)c1. The molecule has 0 spiro atoms. The van der Waals surface area contributed by atoms with Crippen molar-refractivity contribution < 1.29 is 17.6 Å². The Kier molecular flexibility index (Phi) is 3.30. The Morgan fingerprint density at radius 1 is 1.20 bits per heavy atom. The molecule has 0 radical (unpaired) electrons. The third-order valence-electron chi connectivity index (χ3n) is 1.80. The molecule has 1 aromatic rings. The van der Waals surface area contributed by atoms with E-state index in [-0.39, 0.29) is 18.5 Å². The molecule has 1 aromatic carbocycles. The predicted octanol–water partition coefficient (Wildman–Crippen LogP) is 3.31. The second kappa shape index (κ2) is 4.30. The van der Waals surface area contributed by atoms with Crippen molar-refractivity contribution in [3.8, 4) is 0 Å². The first-order valence-electron chi connectivity index (χ1n) is 4.13. The Balaban J connectivity index is 3.01. The molecule has 0 aliphatic heterocycles. The third kappa shape index (κ3) is 3.24. The number of hydrogen-bond donors (Lipinski definition) is 0. The second-order valence-corrected chi connectivity index (χ2v) is 2.98. The van der Waals surface area contributed by atoms with Crippen LogP contribution in [0.15, 0.2) is 18.2 Å². The van der Waals surface area contributed by atoms with Crippen LogP contribution in [0.1, 0.15) is 11.1 Å². The van der Waals surface area contributed by atoms with Crippen LogP contribution in [0.2, 0.25) is 0 Å². The lowest BCUT2D eigenvalue weighted by Crippen LogP contribution is -2.06. The number of halogens is 4. The fraction of sp³-hybridized carbons (Fsp3) is 0.300. The fourth-order valence-electron chi connectivity index (χ4n) is 1.14. The number of rotatable bonds is 2. The minimum atomic E-state index is -4.55. The van der Waals surface area contributed by atoms with Crippen molar-refractivity contribution in [1.82, 2.24) is 0 Å². The molecular formula is C10H7F4N. The van der Waals surface area contributed by atoms with Crippen LogP contribution >= 0.6 is 0 Å². The minimum absolute atomic E-state index is 0.0563. The average molecular weight is 217 g/mol. The number of alkyl halides is 3. The molecule has 0 bridgehead atoms. The summed E-state index contributed by atoms with van der Waals surface area (Å²) in [7, 11) is 0. The van der Waals surface area contributed by atoms with Crippen molar-refractivity contribution in [2.24, 2.45) is 0 Å². The van der Waals surface area contributed by atoms with E-state index in [0.717, 1.165) is 12.1 Å². The standard InChI is InChI=1S/C10H7F4N/c1-15-3-2-7-4-8(10(12,13)14)6-9(11)5-7/h4-6H,2-3H2. The molecule has 0 heterocycles. The van der Waals surface area contributed by atoms with Crippen molar-refractivity contribution in [3.05, 3.63) is 46.6 Å². The van der Waals surface area contributed by atoms with Crippen LogP contribution in [0, 0.1) is 12.4 Å². The first-order valence-corrected chi connectivity index (χ1v) is 4.13. The number of hydrogen-bond acceptors (Lipinski definition) is 0. The van der Waals surface area contributed by atoms with Gasteiger partial charge in [-0.15, -0.1) is 0 Å². The molecule has 0 aromatic heterocycles. The lowest BCUT2D eigenvalue weighted by molar-refractivity contribution is -0.137. The maximum Gasteiger partial charge on any atom is 0.416 e. The van der Waals surface area contributed by atoms with Crippen LogP contribution in [0.3, 0.4) is 0 Å². The van der Waals surface area contributed by atoms with E-state index in [1.807, 2.05) is 0 Å². The normalized spacial score (nSPS) is 11.1. The number of nitrogens with zero attached hydrogens (tertiary/aromatic N) is 1. The van der Waals surface area contributed by atoms with Crippen LogP contribution in [0.25, 0.3) is 4.85 Å². The van der Waals surface area contributed by atoms with Gasteiger partial charge in [0.2, 0.25) is 6.54 Å². The van der Waals surface area contributed by atoms with Crippen molar-refractivity contribution in [3.63, 3.8) is 0 Å². The Morgan fingerprint density at radius 3 is 2.40 bits per heavy atom. The van der Waals surface area contributed by atoms with Crippen molar-refractivity contribution in [1.29, 1.82) is 0 Å². The first kappa shape index (κ1) is 11.5. The summed E-state index contributed by atoms with van der Waals surface area (Å²) in [4.78, 5) is 3.00. The highest BCUT2D eigenvalue weighted by atomic mass is 19.4. The van der Waals surface area contributed by atoms with Gasteiger partial charge in [-0.25, -0.2) is 11.0 Å². The van der Waals surface area contributed by atoms with Gasteiger partial charge < -0.3 is 4.85 Å². The van der Waals surface area contributed by atoms with Gasteiger partial charge in [0.15, 0.2) is 0 Å². The molecule has 0 fully saturated rings. The van der Waals surface area contributed by atoms with Crippen LogP contribution in [0.4, 0.5) is 17.6 Å². The first-order chi connectivity index (χ1) is 6.93. The van der Waals surface area contributed by atoms with Crippen molar-refractivity contribution >= 4 is 0 Å². The van der Waals surface area contributed by atoms with E-state index in [1.165, 1.54) is 0 Å². The lowest BCUT2D eigenvalue weighted by atomic mass is 10.1. The summed E-state index contributed by atoms with van der Waals surface area (Å²) in [5, 5.41) is 0. The Labute approximate surface area is 84.2 Å². The maximum atomic E-state index is 12.8. The zero-order valence-electron chi connectivity index (χ0n) is 7.61. The molecule has 1 nitrogen and oxygen atoms in total. The zero-order chi connectivity index (χ0) is 11.5. The van der Waals surface area contributed by atoms with Gasteiger partial charge in [0.1, 0.15) is 5.82 Å². The molecule has 0 aliphatic carbocycles. The summed E-state index contributed by atoms with van der Waals surface area (Å²) in [6.45, 7) is 6.55. The van der Waals surface area contributed by atoms with Crippen LogP contribution in [-0.2, 0) is 12.6 Å². The molecule has 80 valence electrons. The van der Waals surface area contributed by atoms with Gasteiger partial charge in [0.25, 0.3) is 0 Å². The highest BCUT2D eigenvalue weighted by Crippen LogP contribution is 2.30. The van der Waals surface area contributed by atoms with Gasteiger partial charge in [-0.1, -0.05) is 0 Å². The molecule has 1 rings (SSSR count). The van der Waals surface area contributed by atoms with E-state index >= 15 is 0 Å². The summed E-state index contributed by atoms with van der Waals surface area (Å²) in [6, 6.07) is 2.33. The summed E-state index contributed by atoms with van der Waals surface area (Å²) < 4.78 is 49.5. The van der Waals surface area contributed by atoms with Crippen LogP contribution in [0.5, 0.6) is 0 Å². The summed E-state index contributed by atoms with van der Waals surface area (Å²) >= 11 is 0. The molecule has 0 atom stereocenters. The molecule has 15 heavy (non-hydrogen) atoms. The van der Waals surface area contributed by atoms with Gasteiger partial charge in [0.05, 0.1) is 5.56 Å². The smallest absolute Gasteiger partial charge is 0.317 e. The fourth-order valence-corrected chi connectivity index (χ4v) is 1.14. The van der Waals surface area contributed by atoms with E-state index in [9.17, 15) is 17.6 Å². The summed E-state index contributed by atoms with van der Waals surface area (Å²) in [6.07, 6.45) is -4.42. The molecule has 0 unspecified atom stereocenters. The van der Waals surface area contributed by atoms with E-state index < -0.39 is 17.6 Å². The van der Waals surface area contributed by atoms with E-state index in [4.69, 9.17) is 6.57 Å². The monoisotopic (exact) mass is 217 g/mol. The number of benzene rings is 1. The van der Waals surface area contributed by atoms with Gasteiger partial charge in [-0.2, -0.15) is 13.2 Å². The van der Waals surface area contributed by atoms with Gasteiger partial charge in [-0.05, 0) is 23.8 Å². The Hall–Kier alpha value is -1.57. The molecule has 0 saturated heterocycles. The minimum Gasteiger partial charge on any atom is -0.317 e. The van der Waals surface area contributed by atoms with Gasteiger partial charge in [0, 0.05) is 6.42 Å². The second-order valence-electron chi connectivity index (χ2n) is 2.98. The molecule has 0 N–H and O–H groups in total. The van der Waals surface area contributed by atoms with Crippen molar-refractivity contribution in [2.75, 3.05) is 6.54 Å². The van der Waals surface area contributed by atoms with Crippen LogP contribution in [-0.4, -0.2) is 6.54 Å². The lowest BCUT2D eigenvalue weighted by Gasteiger charge is -2.08. The highest BCUT2D eigenvalue weighted by Gasteiger charge is 2.31. The topological polar surface area (TPSA) is 4.36 Å². The zero-order valence-corrected chi connectivity index (χ0v) is 7.61. The summed E-state index contributed by atoms with van der Waals surface area (Å²) in [5.41, 5.74) is -0.819. The molecule has 0 aliphatic rings. The largest absolute Gasteiger partial charge is 0.416 e. The molecular weight excluding hydrogens is 210 g/mol. The Bertz CT molecular complexity index is 389.